The van der Waals surface area contributed by atoms with E-state index in [0.29, 0.717) is 11.5 Å². The smallest absolute Gasteiger partial charge is 0.346 e. The van der Waals surface area contributed by atoms with E-state index >= 15 is 0 Å². The SMILES string of the molecule is N#Cc1cc(Oc2csc(C(=O)O)c2)ccn1. The zero-order chi connectivity index (χ0) is 12.3. The van der Waals surface area contributed by atoms with Gasteiger partial charge in [-0.25, -0.2) is 9.78 Å². The van der Waals surface area contributed by atoms with Gasteiger partial charge in [-0.05, 0) is 6.07 Å². The van der Waals surface area contributed by atoms with Crippen LogP contribution in [0.25, 0.3) is 0 Å². The van der Waals surface area contributed by atoms with Crippen LogP contribution in [0.5, 0.6) is 11.5 Å². The molecule has 6 heteroatoms. The number of nitrogens with zero attached hydrogens (tertiary/aromatic N) is 2. The Morgan fingerprint density at radius 3 is 2.94 bits per heavy atom. The van der Waals surface area contributed by atoms with E-state index in [2.05, 4.69) is 4.98 Å². The number of thiophene rings is 1. The molecule has 0 aliphatic rings. The monoisotopic (exact) mass is 246 g/mol. The third-order valence-electron chi connectivity index (χ3n) is 1.87. The second-order valence-corrected chi connectivity index (χ2v) is 3.95. The van der Waals surface area contributed by atoms with E-state index in [9.17, 15) is 4.79 Å². The Labute approximate surface area is 101 Å². The standard InChI is InChI=1S/C11H6N2O3S/c12-5-7-3-8(1-2-13-7)16-9-4-10(11(14)15)17-6-9/h1-4,6H,(H,14,15). The van der Waals surface area contributed by atoms with Crippen molar-refractivity contribution >= 4 is 17.3 Å². The Bertz CT molecular complexity index is 601. The summed E-state index contributed by atoms with van der Waals surface area (Å²) in [4.78, 5) is 14.7. The van der Waals surface area contributed by atoms with Crippen molar-refractivity contribution in [3.05, 3.63) is 40.3 Å². The van der Waals surface area contributed by atoms with E-state index in [-0.39, 0.29) is 10.6 Å². The fourth-order valence-corrected chi connectivity index (χ4v) is 1.80. The largest absolute Gasteiger partial charge is 0.477 e. The predicted molar refractivity (Wildman–Crippen MR) is 60.3 cm³/mol. The van der Waals surface area contributed by atoms with Crippen LogP contribution in [0.1, 0.15) is 15.4 Å². The van der Waals surface area contributed by atoms with Crippen molar-refractivity contribution in [1.29, 1.82) is 5.26 Å². The predicted octanol–water partition coefficient (Wildman–Crippen LogP) is 2.51. The number of aromatic nitrogens is 1. The Morgan fingerprint density at radius 2 is 2.29 bits per heavy atom. The summed E-state index contributed by atoms with van der Waals surface area (Å²) in [5, 5.41) is 19.0. The van der Waals surface area contributed by atoms with Crippen molar-refractivity contribution < 1.29 is 14.6 Å². The molecule has 0 radical (unpaired) electrons. The summed E-state index contributed by atoms with van der Waals surface area (Å²) in [5.74, 6) is -0.105. The van der Waals surface area contributed by atoms with Crippen LogP contribution in [-0.2, 0) is 0 Å². The summed E-state index contributed by atoms with van der Waals surface area (Å²) in [6.45, 7) is 0. The van der Waals surface area contributed by atoms with E-state index in [0.717, 1.165) is 11.3 Å². The third-order valence-corrected chi connectivity index (χ3v) is 2.76. The van der Waals surface area contributed by atoms with Gasteiger partial charge in [0.2, 0.25) is 0 Å². The highest BCUT2D eigenvalue weighted by molar-refractivity contribution is 7.12. The molecule has 5 nitrogen and oxygen atoms in total. The molecule has 0 aliphatic carbocycles. The Hall–Kier alpha value is -2.39. The van der Waals surface area contributed by atoms with Gasteiger partial charge in [-0.3, -0.25) is 0 Å². The van der Waals surface area contributed by atoms with Crippen LogP contribution >= 0.6 is 11.3 Å². The number of carbonyl (C=O) groups is 1. The van der Waals surface area contributed by atoms with Crippen LogP contribution in [0.15, 0.2) is 29.8 Å². The van der Waals surface area contributed by atoms with E-state index in [1.165, 1.54) is 18.3 Å². The average Bonchev–Trinajstić information content (AvgIpc) is 2.78. The molecule has 0 aromatic carbocycles. The lowest BCUT2D eigenvalue weighted by molar-refractivity contribution is 0.0702. The van der Waals surface area contributed by atoms with Crippen LogP contribution in [0, 0.1) is 11.3 Å². The minimum Gasteiger partial charge on any atom is -0.477 e. The molecule has 84 valence electrons. The first-order valence-electron chi connectivity index (χ1n) is 4.55. The molecule has 0 fully saturated rings. The van der Waals surface area contributed by atoms with Gasteiger partial charge in [-0.2, -0.15) is 5.26 Å². The highest BCUT2D eigenvalue weighted by atomic mass is 32.1. The van der Waals surface area contributed by atoms with Gasteiger partial charge in [-0.1, -0.05) is 0 Å². The number of carboxylic acid groups (broad SMARTS) is 1. The van der Waals surface area contributed by atoms with Gasteiger partial charge in [0.1, 0.15) is 28.1 Å². The van der Waals surface area contributed by atoms with Gasteiger partial charge in [0.05, 0.1) is 0 Å². The van der Waals surface area contributed by atoms with Crippen molar-refractivity contribution in [3.63, 3.8) is 0 Å². The third kappa shape index (κ3) is 2.59. The van der Waals surface area contributed by atoms with Crippen LogP contribution in [0.2, 0.25) is 0 Å². The average molecular weight is 246 g/mol. The normalized spacial score (nSPS) is 9.59. The van der Waals surface area contributed by atoms with Gasteiger partial charge >= 0.3 is 5.97 Å². The minimum absolute atomic E-state index is 0.203. The molecule has 0 saturated carbocycles. The van der Waals surface area contributed by atoms with Crippen molar-refractivity contribution in [2.75, 3.05) is 0 Å². The number of pyridine rings is 1. The molecule has 1 N–H and O–H groups in total. The Kier molecular flexibility index (Phi) is 3.03. The fraction of sp³-hybridized carbons (Fsp3) is 0. The molecule has 0 aliphatic heterocycles. The molecule has 2 aromatic heterocycles. The number of hydrogen-bond donors (Lipinski definition) is 1. The molecule has 0 bridgehead atoms. The number of rotatable bonds is 3. The molecule has 0 atom stereocenters. The minimum atomic E-state index is -0.989. The van der Waals surface area contributed by atoms with Crippen molar-refractivity contribution in [1.82, 2.24) is 4.98 Å². The molecule has 0 unspecified atom stereocenters. The summed E-state index contributed by atoms with van der Waals surface area (Å²) in [7, 11) is 0. The van der Waals surface area contributed by atoms with Crippen LogP contribution < -0.4 is 4.74 Å². The molecule has 2 aromatic rings. The van der Waals surface area contributed by atoms with Crippen LogP contribution in [-0.4, -0.2) is 16.1 Å². The maximum atomic E-state index is 10.7. The first-order chi connectivity index (χ1) is 8.19. The van der Waals surface area contributed by atoms with Crippen molar-refractivity contribution in [3.8, 4) is 17.6 Å². The van der Waals surface area contributed by atoms with Crippen LogP contribution in [0.4, 0.5) is 0 Å². The van der Waals surface area contributed by atoms with Crippen LogP contribution in [0.3, 0.4) is 0 Å². The van der Waals surface area contributed by atoms with Gasteiger partial charge in [0.25, 0.3) is 0 Å². The van der Waals surface area contributed by atoms with E-state index in [1.807, 2.05) is 6.07 Å². The molecular weight excluding hydrogens is 240 g/mol. The number of carboxylic acids is 1. The van der Waals surface area contributed by atoms with Gasteiger partial charge in [-0.15, -0.1) is 11.3 Å². The maximum absolute atomic E-state index is 10.7. The van der Waals surface area contributed by atoms with Crippen molar-refractivity contribution in [2.45, 2.75) is 0 Å². The summed E-state index contributed by atoms with van der Waals surface area (Å²) >= 11 is 1.08. The van der Waals surface area contributed by atoms with E-state index in [4.69, 9.17) is 15.1 Å². The van der Waals surface area contributed by atoms with Gasteiger partial charge in [0, 0.05) is 23.7 Å². The Balaban J connectivity index is 2.19. The first-order valence-corrected chi connectivity index (χ1v) is 5.43. The Morgan fingerprint density at radius 1 is 1.47 bits per heavy atom. The summed E-state index contributed by atoms with van der Waals surface area (Å²) in [5.41, 5.74) is 0.246. The molecule has 17 heavy (non-hydrogen) atoms. The second-order valence-electron chi connectivity index (χ2n) is 3.04. The van der Waals surface area contributed by atoms with E-state index in [1.54, 1.807) is 11.4 Å². The zero-order valence-electron chi connectivity index (χ0n) is 8.45. The first kappa shape index (κ1) is 11.1. The molecule has 2 rings (SSSR count). The summed E-state index contributed by atoms with van der Waals surface area (Å²) < 4.78 is 5.41. The number of aromatic carboxylic acids is 1. The molecule has 0 saturated heterocycles. The number of ether oxygens (including phenoxy) is 1. The molecule has 0 amide bonds. The molecular formula is C11H6N2O3S. The quantitative estimate of drug-likeness (QED) is 0.899. The molecule has 0 spiro atoms. The zero-order valence-corrected chi connectivity index (χ0v) is 9.27. The highest BCUT2D eigenvalue weighted by Crippen LogP contribution is 2.26. The van der Waals surface area contributed by atoms with Crippen molar-refractivity contribution in [2.24, 2.45) is 0 Å². The van der Waals surface area contributed by atoms with Gasteiger partial charge in [0.15, 0.2) is 0 Å². The summed E-state index contributed by atoms with van der Waals surface area (Å²) in [6.07, 6.45) is 1.46. The lowest BCUT2D eigenvalue weighted by atomic mass is 10.3. The lowest BCUT2D eigenvalue weighted by Gasteiger charge is -2.01. The van der Waals surface area contributed by atoms with E-state index < -0.39 is 5.97 Å². The number of hydrogen-bond acceptors (Lipinski definition) is 5. The lowest BCUT2D eigenvalue weighted by Crippen LogP contribution is -1.90. The topological polar surface area (TPSA) is 83.2 Å². The fourth-order valence-electron chi connectivity index (χ4n) is 1.16. The summed E-state index contributed by atoms with van der Waals surface area (Å²) in [6, 6.07) is 6.40. The maximum Gasteiger partial charge on any atom is 0.346 e. The van der Waals surface area contributed by atoms with Gasteiger partial charge < -0.3 is 9.84 Å². The molecule has 2 heterocycles. The second kappa shape index (κ2) is 4.63. The number of nitriles is 1. The highest BCUT2D eigenvalue weighted by Gasteiger charge is 2.08.